The first-order valence-corrected chi connectivity index (χ1v) is 11.5. The van der Waals surface area contributed by atoms with E-state index in [1.54, 1.807) is 38.1 Å². The van der Waals surface area contributed by atoms with Crippen molar-refractivity contribution in [2.45, 2.75) is 38.8 Å². The number of carbonyl (C=O) groups excluding carboxylic acids is 4. The van der Waals surface area contributed by atoms with Crippen LogP contribution in [0.3, 0.4) is 0 Å². The fraction of sp³-hybridized carbons (Fsp3) is 0.360. The van der Waals surface area contributed by atoms with Gasteiger partial charge < -0.3 is 4.90 Å². The molecular formula is C25H24ClN3O4. The highest BCUT2D eigenvalue weighted by atomic mass is 35.5. The SMILES string of the molecule is CCN1C(=O)C2C(c3ccc(C)cc3)N3C(=O)N(c4cccc(Cl)c4)C(=O)[C@@]3(CC)C2C1=O. The Labute approximate surface area is 196 Å². The Hall–Kier alpha value is -3.19. The van der Waals surface area contributed by atoms with Crippen LogP contribution in [-0.4, -0.2) is 45.6 Å². The van der Waals surface area contributed by atoms with Crippen LogP contribution in [-0.2, 0) is 14.4 Å². The quantitative estimate of drug-likeness (QED) is 0.506. The van der Waals surface area contributed by atoms with Gasteiger partial charge in [0.2, 0.25) is 11.8 Å². The molecule has 3 unspecified atom stereocenters. The van der Waals surface area contributed by atoms with Crippen LogP contribution in [0.2, 0.25) is 5.02 Å². The van der Waals surface area contributed by atoms with Crippen LogP contribution in [0.1, 0.15) is 37.4 Å². The summed E-state index contributed by atoms with van der Waals surface area (Å²) in [6.07, 6.45) is 0.217. The molecule has 0 N–H and O–H groups in total. The fourth-order valence-electron chi connectivity index (χ4n) is 5.86. The van der Waals surface area contributed by atoms with Crippen LogP contribution in [0, 0.1) is 18.8 Å². The minimum atomic E-state index is -1.43. The van der Waals surface area contributed by atoms with Crippen LogP contribution in [0.4, 0.5) is 10.5 Å². The van der Waals surface area contributed by atoms with Crippen LogP contribution in [0.5, 0.6) is 0 Å². The third-order valence-electron chi connectivity index (χ3n) is 7.32. The van der Waals surface area contributed by atoms with Crippen molar-refractivity contribution in [2.24, 2.45) is 11.8 Å². The van der Waals surface area contributed by atoms with Gasteiger partial charge in [0.1, 0.15) is 5.54 Å². The van der Waals surface area contributed by atoms with Crippen molar-refractivity contribution in [1.29, 1.82) is 0 Å². The molecule has 3 fully saturated rings. The Balaban J connectivity index is 1.74. The first kappa shape index (κ1) is 21.6. The highest BCUT2D eigenvalue weighted by molar-refractivity contribution is 6.32. The highest BCUT2D eigenvalue weighted by Gasteiger charge is 2.76. The lowest BCUT2D eigenvalue weighted by molar-refractivity contribution is -0.144. The van der Waals surface area contributed by atoms with Gasteiger partial charge in [-0.2, -0.15) is 0 Å². The summed E-state index contributed by atoms with van der Waals surface area (Å²) < 4.78 is 0. The van der Waals surface area contributed by atoms with Gasteiger partial charge >= 0.3 is 6.03 Å². The number of urea groups is 1. The third-order valence-corrected chi connectivity index (χ3v) is 7.55. The van der Waals surface area contributed by atoms with E-state index in [1.165, 1.54) is 9.80 Å². The van der Waals surface area contributed by atoms with Crippen LogP contribution >= 0.6 is 11.6 Å². The number of fused-ring (bicyclic) bond motifs is 3. The van der Waals surface area contributed by atoms with Crippen molar-refractivity contribution in [3.63, 3.8) is 0 Å². The Bertz CT molecular complexity index is 1200. The zero-order valence-electron chi connectivity index (χ0n) is 18.6. The minimum Gasteiger partial charge on any atom is -0.300 e. The molecule has 7 nitrogen and oxygen atoms in total. The van der Waals surface area contributed by atoms with Gasteiger partial charge in [-0.05, 0) is 44.0 Å². The standard InChI is InChI=1S/C25H24ClN3O4/c1-4-25-19-18(21(30)27(5-2)22(19)31)20(15-11-9-14(3)10-12-15)29(25)24(33)28(23(25)32)17-8-6-7-16(26)13-17/h6-13,18-20H,4-5H2,1-3H3/t18?,19?,20?,25-/m1/s1. The number of imide groups is 2. The molecule has 170 valence electrons. The van der Waals surface area contributed by atoms with Gasteiger partial charge in [-0.15, -0.1) is 0 Å². The molecule has 0 saturated carbocycles. The average molecular weight is 466 g/mol. The number of hydrogen-bond acceptors (Lipinski definition) is 4. The molecule has 0 spiro atoms. The van der Waals surface area contributed by atoms with E-state index in [0.717, 1.165) is 16.0 Å². The van der Waals surface area contributed by atoms with Gasteiger partial charge in [0.05, 0.1) is 23.6 Å². The van der Waals surface area contributed by atoms with Gasteiger partial charge in [-0.25, -0.2) is 9.69 Å². The van der Waals surface area contributed by atoms with E-state index in [4.69, 9.17) is 11.6 Å². The third kappa shape index (κ3) is 2.69. The predicted molar refractivity (Wildman–Crippen MR) is 122 cm³/mol. The molecule has 0 radical (unpaired) electrons. The Morgan fingerprint density at radius 2 is 1.67 bits per heavy atom. The van der Waals surface area contributed by atoms with E-state index in [2.05, 4.69) is 0 Å². The Morgan fingerprint density at radius 1 is 0.970 bits per heavy atom. The van der Waals surface area contributed by atoms with Gasteiger partial charge in [-0.1, -0.05) is 54.4 Å². The van der Waals surface area contributed by atoms with Gasteiger partial charge in [-0.3, -0.25) is 19.3 Å². The molecular weight excluding hydrogens is 442 g/mol. The van der Waals surface area contributed by atoms with Gasteiger partial charge in [0, 0.05) is 11.6 Å². The summed E-state index contributed by atoms with van der Waals surface area (Å²) >= 11 is 6.15. The van der Waals surface area contributed by atoms with Crippen LogP contribution < -0.4 is 4.90 Å². The van der Waals surface area contributed by atoms with Crippen molar-refractivity contribution in [3.8, 4) is 0 Å². The summed E-state index contributed by atoms with van der Waals surface area (Å²) in [4.78, 5) is 58.6. The number of aryl methyl sites for hydroxylation is 1. The second kappa shape index (κ2) is 7.42. The van der Waals surface area contributed by atoms with E-state index in [9.17, 15) is 19.2 Å². The molecule has 5 amide bonds. The summed E-state index contributed by atoms with van der Waals surface area (Å²) in [6.45, 7) is 5.71. The maximum absolute atomic E-state index is 14.0. The lowest BCUT2D eigenvalue weighted by Crippen LogP contribution is -2.53. The number of benzene rings is 2. The fourth-order valence-corrected chi connectivity index (χ4v) is 6.04. The predicted octanol–water partition coefficient (Wildman–Crippen LogP) is 3.94. The monoisotopic (exact) mass is 465 g/mol. The average Bonchev–Trinajstić information content (AvgIpc) is 3.32. The summed E-state index contributed by atoms with van der Waals surface area (Å²) in [5.74, 6) is -2.92. The molecule has 3 saturated heterocycles. The lowest BCUT2D eigenvalue weighted by Gasteiger charge is -2.34. The molecule has 33 heavy (non-hydrogen) atoms. The van der Waals surface area contributed by atoms with E-state index < -0.39 is 35.4 Å². The second-order valence-corrected chi connectivity index (χ2v) is 9.27. The topological polar surface area (TPSA) is 78.0 Å². The number of anilines is 1. The Morgan fingerprint density at radius 3 is 2.27 bits per heavy atom. The zero-order chi connectivity index (χ0) is 23.7. The summed E-state index contributed by atoms with van der Waals surface area (Å²) in [6, 6.07) is 12.8. The minimum absolute atomic E-state index is 0.217. The van der Waals surface area contributed by atoms with Crippen molar-refractivity contribution >= 4 is 41.0 Å². The summed E-state index contributed by atoms with van der Waals surface area (Å²) in [5, 5.41) is 0.392. The van der Waals surface area contributed by atoms with Gasteiger partial charge in [0.15, 0.2) is 0 Å². The molecule has 2 aromatic carbocycles. The van der Waals surface area contributed by atoms with Crippen molar-refractivity contribution < 1.29 is 19.2 Å². The number of halogens is 1. The molecule has 2 aromatic rings. The molecule has 0 aliphatic carbocycles. The second-order valence-electron chi connectivity index (χ2n) is 8.83. The van der Waals surface area contributed by atoms with Crippen LogP contribution in [0.25, 0.3) is 0 Å². The van der Waals surface area contributed by atoms with E-state index in [-0.39, 0.29) is 24.8 Å². The van der Waals surface area contributed by atoms with E-state index in [1.807, 2.05) is 31.2 Å². The van der Waals surface area contributed by atoms with Crippen molar-refractivity contribution in [1.82, 2.24) is 9.80 Å². The maximum Gasteiger partial charge on any atom is 0.332 e. The Kier molecular flexibility index (Phi) is 4.86. The molecule has 5 rings (SSSR count). The van der Waals surface area contributed by atoms with Crippen LogP contribution in [0.15, 0.2) is 48.5 Å². The van der Waals surface area contributed by atoms with Crippen molar-refractivity contribution in [3.05, 3.63) is 64.7 Å². The van der Waals surface area contributed by atoms with Gasteiger partial charge in [0.25, 0.3) is 5.91 Å². The number of carbonyl (C=O) groups is 4. The molecule has 3 heterocycles. The van der Waals surface area contributed by atoms with Crippen molar-refractivity contribution in [2.75, 3.05) is 11.4 Å². The van der Waals surface area contributed by atoms with E-state index in [0.29, 0.717) is 10.7 Å². The molecule has 0 bridgehead atoms. The molecule has 4 atom stereocenters. The maximum atomic E-state index is 14.0. The summed E-state index contributed by atoms with van der Waals surface area (Å²) in [7, 11) is 0. The lowest BCUT2D eigenvalue weighted by atomic mass is 9.77. The number of rotatable bonds is 4. The molecule has 3 aliphatic rings. The highest BCUT2D eigenvalue weighted by Crippen LogP contribution is 2.59. The zero-order valence-corrected chi connectivity index (χ0v) is 19.4. The smallest absolute Gasteiger partial charge is 0.300 e. The molecule has 8 heteroatoms. The van der Waals surface area contributed by atoms with E-state index >= 15 is 0 Å². The first-order chi connectivity index (χ1) is 15.8. The normalized spacial score (nSPS) is 28.7. The summed E-state index contributed by atoms with van der Waals surface area (Å²) in [5.41, 5.74) is 0.682. The number of nitrogens with zero attached hydrogens (tertiary/aromatic N) is 3. The first-order valence-electron chi connectivity index (χ1n) is 11.1. The molecule has 3 aliphatic heterocycles. The molecule has 0 aromatic heterocycles. The largest absolute Gasteiger partial charge is 0.332 e. The number of amides is 5. The number of hydrogen-bond donors (Lipinski definition) is 0. The number of likely N-dealkylation sites (tertiary alicyclic amines) is 1.